The summed E-state index contributed by atoms with van der Waals surface area (Å²) >= 11 is 0. The molecule has 7 nitrogen and oxygen atoms in total. The number of hydrogen-bond donors (Lipinski definition) is 3. The second-order valence-corrected chi connectivity index (χ2v) is 4.55. The Kier molecular flexibility index (Phi) is 6.21. The van der Waals surface area contributed by atoms with E-state index in [9.17, 15) is 27.9 Å². The predicted molar refractivity (Wildman–Crippen MR) is 63.8 cm³/mol. The van der Waals surface area contributed by atoms with Gasteiger partial charge in [-0.2, -0.15) is 13.2 Å². The molecule has 0 saturated carbocycles. The van der Waals surface area contributed by atoms with Crippen molar-refractivity contribution in [2.45, 2.75) is 24.6 Å². The van der Waals surface area contributed by atoms with Crippen LogP contribution in [0, 0.1) is 0 Å². The zero-order valence-electron chi connectivity index (χ0n) is 11.2. The van der Waals surface area contributed by atoms with Crippen LogP contribution in [0.25, 0.3) is 0 Å². The summed E-state index contributed by atoms with van der Waals surface area (Å²) in [6.45, 7) is -1.46. The molecule has 0 aromatic heterocycles. The Labute approximate surface area is 118 Å². The number of carbonyl (C=O) groups is 2. The van der Waals surface area contributed by atoms with Crippen molar-refractivity contribution in [2.24, 2.45) is 0 Å². The van der Waals surface area contributed by atoms with Crippen molar-refractivity contribution in [3.8, 4) is 0 Å². The zero-order valence-corrected chi connectivity index (χ0v) is 11.2. The number of alkyl halides is 3. The van der Waals surface area contributed by atoms with Crippen molar-refractivity contribution in [2.75, 3.05) is 33.0 Å². The molecule has 0 aromatic carbocycles. The Hall–Kier alpha value is -1.55. The van der Waals surface area contributed by atoms with E-state index in [1.807, 2.05) is 0 Å². The number of hydrogen-bond acceptors (Lipinski definition) is 4. The Morgan fingerprint density at radius 2 is 1.90 bits per heavy atom. The van der Waals surface area contributed by atoms with E-state index in [4.69, 9.17) is 4.74 Å². The third kappa shape index (κ3) is 6.17. The first kappa shape index (κ1) is 17.5. The third-order valence-electron chi connectivity index (χ3n) is 2.91. The summed E-state index contributed by atoms with van der Waals surface area (Å²) in [5, 5.41) is 13.8. The molecule has 122 valence electrons. The maximum Gasteiger partial charge on any atom is 0.411 e. The lowest BCUT2D eigenvalue weighted by Crippen LogP contribution is -2.59. The minimum Gasteiger partial charge on any atom is -0.480 e. The number of carboxylic acids is 1. The molecular formula is C11H17F3N2O5. The average molecular weight is 314 g/mol. The predicted octanol–water partition coefficient (Wildman–Crippen LogP) is 0.498. The molecule has 1 fully saturated rings. The van der Waals surface area contributed by atoms with Crippen molar-refractivity contribution < 1.29 is 37.3 Å². The van der Waals surface area contributed by atoms with Gasteiger partial charge in [0.1, 0.15) is 12.1 Å². The molecular weight excluding hydrogens is 297 g/mol. The lowest BCUT2D eigenvalue weighted by molar-refractivity contribution is -0.173. The lowest BCUT2D eigenvalue weighted by atomic mass is 9.90. The van der Waals surface area contributed by atoms with E-state index >= 15 is 0 Å². The number of ether oxygens (including phenoxy) is 2. The average Bonchev–Trinajstić information content (AvgIpc) is 2.37. The van der Waals surface area contributed by atoms with Crippen LogP contribution in [-0.4, -0.2) is 61.8 Å². The number of amides is 2. The largest absolute Gasteiger partial charge is 0.480 e. The van der Waals surface area contributed by atoms with Gasteiger partial charge in [-0.25, -0.2) is 9.59 Å². The Morgan fingerprint density at radius 3 is 2.43 bits per heavy atom. The Balaban J connectivity index is 2.30. The number of nitrogens with one attached hydrogen (secondary N) is 2. The fourth-order valence-electron chi connectivity index (χ4n) is 1.80. The molecule has 0 unspecified atom stereocenters. The highest BCUT2D eigenvalue weighted by molar-refractivity contribution is 5.86. The number of rotatable bonds is 6. The molecule has 0 atom stereocenters. The molecule has 0 aromatic rings. The molecule has 1 heterocycles. The van der Waals surface area contributed by atoms with E-state index in [-0.39, 0.29) is 39.2 Å². The van der Waals surface area contributed by atoms with Gasteiger partial charge in [0.2, 0.25) is 0 Å². The molecule has 0 radical (unpaired) electrons. The summed E-state index contributed by atoms with van der Waals surface area (Å²) in [6.07, 6.45) is -4.17. The first-order chi connectivity index (χ1) is 9.75. The van der Waals surface area contributed by atoms with Gasteiger partial charge in [-0.3, -0.25) is 0 Å². The van der Waals surface area contributed by atoms with Gasteiger partial charge < -0.3 is 25.2 Å². The van der Waals surface area contributed by atoms with Crippen LogP contribution in [0.1, 0.15) is 12.8 Å². The molecule has 1 saturated heterocycles. The topological polar surface area (TPSA) is 96.9 Å². The van der Waals surface area contributed by atoms with Crippen LogP contribution in [0.2, 0.25) is 0 Å². The van der Waals surface area contributed by atoms with Gasteiger partial charge in [0, 0.05) is 32.6 Å². The van der Waals surface area contributed by atoms with E-state index in [0.29, 0.717) is 0 Å². The number of halogens is 3. The molecule has 21 heavy (non-hydrogen) atoms. The molecule has 3 N–H and O–H groups in total. The van der Waals surface area contributed by atoms with E-state index in [1.165, 1.54) is 0 Å². The lowest BCUT2D eigenvalue weighted by Gasteiger charge is -2.33. The van der Waals surface area contributed by atoms with Crippen LogP contribution in [0.5, 0.6) is 0 Å². The Bertz CT molecular complexity index is 369. The SMILES string of the molecule is O=C(NCCOCC(F)(F)F)NC1(C(=O)O)CCOCC1. The first-order valence-electron chi connectivity index (χ1n) is 6.27. The van der Waals surface area contributed by atoms with Crippen molar-refractivity contribution >= 4 is 12.0 Å². The maximum atomic E-state index is 11.8. The summed E-state index contributed by atoms with van der Waals surface area (Å²) < 4.78 is 44.7. The summed E-state index contributed by atoms with van der Waals surface area (Å²) in [7, 11) is 0. The van der Waals surface area contributed by atoms with Gasteiger partial charge in [-0.15, -0.1) is 0 Å². The van der Waals surface area contributed by atoms with Gasteiger partial charge in [0.05, 0.1) is 6.61 Å². The van der Waals surface area contributed by atoms with Crippen LogP contribution in [0.4, 0.5) is 18.0 Å². The smallest absolute Gasteiger partial charge is 0.411 e. The summed E-state index contributed by atoms with van der Waals surface area (Å²) in [4.78, 5) is 22.8. The van der Waals surface area contributed by atoms with Crippen LogP contribution >= 0.6 is 0 Å². The second kappa shape index (κ2) is 7.46. The number of carboxylic acid groups (broad SMARTS) is 1. The molecule has 0 bridgehead atoms. The molecule has 0 spiro atoms. The highest BCUT2D eigenvalue weighted by atomic mass is 19.4. The maximum absolute atomic E-state index is 11.8. The standard InChI is InChI=1S/C11H17F3N2O5/c12-11(13,14)7-21-6-3-15-9(19)16-10(8(17)18)1-4-20-5-2-10/h1-7H2,(H,17,18)(H2,15,16,19). The summed E-state index contributed by atoms with van der Waals surface area (Å²) in [6, 6.07) is -0.769. The minimum absolute atomic E-state index is 0.125. The summed E-state index contributed by atoms with van der Waals surface area (Å²) in [5.74, 6) is -1.17. The second-order valence-electron chi connectivity index (χ2n) is 4.55. The van der Waals surface area contributed by atoms with Crippen molar-refractivity contribution in [1.82, 2.24) is 10.6 Å². The van der Waals surface area contributed by atoms with E-state index in [0.717, 1.165) is 0 Å². The monoisotopic (exact) mass is 314 g/mol. The van der Waals surface area contributed by atoms with E-state index in [2.05, 4.69) is 15.4 Å². The van der Waals surface area contributed by atoms with Gasteiger partial charge >= 0.3 is 18.2 Å². The normalized spacial score (nSPS) is 18.0. The van der Waals surface area contributed by atoms with Gasteiger partial charge in [0.25, 0.3) is 0 Å². The van der Waals surface area contributed by atoms with Gasteiger partial charge in [-0.1, -0.05) is 0 Å². The minimum atomic E-state index is -4.42. The fraction of sp³-hybridized carbons (Fsp3) is 0.818. The number of urea groups is 1. The van der Waals surface area contributed by atoms with Crippen LogP contribution in [0.15, 0.2) is 0 Å². The quantitative estimate of drug-likeness (QED) is 0.620. The molecule has 0 aliphatic carbocycles. The molecule has 1 aliphatic heterocycles. The van der Waals surface area contributed by atoms with Gasteiger partial charge in [0.15, 0.2) is 0 Å². The van der Waals surface area contributed by atoms with Crippen LogP contribution in [-0.2, 0) is 14.3 Å². The number of aliphatic carboxylic acids is 1. The molecule has 10 heteroatoms. The zero-order chi connectivity index (χ0) is 15.9. The first-order valence-corrected chi connectivity index (χ1v) is 6.27. The number of carbonyl (C=O) groups excluding carboxylic acids is 1. The molecule has 2 amide bonds. The Morgan fingerprint density at radius 1 is 1.29 bits per heavy atom. The summed E-state index contributed by atoms with van der Waals surface area (Å²) in [5.41, 5.74) is -1.41. The van der Waals surface area contributed by atoms with Crippen molar-refractivity contribution in [3.05, 3.63) is 0 Å². The third-order valence-corrected chi connectivity index (χ3v) is 2.91. The van der Waals surface area contributed by atoms with Crippen molar-refractivity contribution in [3.63, 3.8) is 0 Å². The molecule has 1 aliphatic rings. The van der Waals surface area contributed by atoms with E-state index in [1.54, 1.807) is 0 Å². The fourth-order valence-corrected chi connectivity index (χ4v) is 1.80. The van der Waals surface area contributed by atoms with Crippen molar-refractivity contribution in [1.29, 1.82) is 0 Å². The van der Waals surface area contributed by atoms with Crippen LogP contribution in [0.3, 0.4) is 0 Å². The van der Waals surface area contributed by atoms with Crippen LogP contribution < -0.4 is 10.6 Å². The highest BCUT2D eigenvalue weighted by Gasteiger charge is 2.41. The highest BCUT2D eigenvalue weighted by Crippen LogP contribution is 2.20. The van der Waals surface area contributed by atoms with Gasteiger partial charge in [-0.05, 0) is 0 Å². The van der Waals surface area contributed by atoms with E-state index < -0.39 is 30.3 Å². The molecule has 1 rings (SSSR count).